The molecule has 1 atom stereocenters. The molecule has 0 aliphatic rings. The zero-order valence-electron chi connectivity index (χ0n) is 10.6. The van der Waals surface area contributed by atoms with Crippen molar-refractivity contribution in [1.29, 1.82) is 0 Å². The predicted molar refractivity (Wildman–Crippen MR) is 67.1 cm³/mol. The molecule has 0 spiro atoms. The molecule has 1 unspecified atom stereocenters. The van der Waals surface area contributed by atoms with E-state index in [1.54, 1.807) is 31.9 Å². The van der Waals surface area contributed by atoms with Crippen LogP contribution in [0, 0.1) is 0 Å². The van der Waals surface area contributed by atoms with E-state index in [-0.39, 0.29) is 6.04 Å². The monoisotopic (exact) mass is 247 g/mol. The molecule has 2 aromatic rings. The van der Waals surface area contributed by atoms with Gasteiger partial charge in [-0.15, -0.1) is 0 Å². The maximum Gasteiger partial charge on any atom is 0.161 e. The van der Waals surface area contributed by atoms with Gasteiger partial charge in [-0.1, -0.05) is 6.92 Å². The van der Waals surface area contributed by atoms with E-state index in [2.05, 4.69) is 22.0 Å². The van der Waals surface area contributed by atoms with Crippen molar-refractivity contribution < 1.29 is 4.74 Å². The first-order chi connectivity index (χ1) is 8.77. The molecule has 0 saturated heterocycles. The van der Waals surface area contributed by atoms with E-state index in [1.807, 2.05) is 4.68 Å². The Hall–Kier alpha value is -1.95. The predicted octanol–water partition coefficient (Wildman–Crippen LogP) is 1.14. The Balaban J connectivity index is 2.39. The highest BCUT2D eigenvalue weighted by Gasteiger charge is 2.21. The number of aryl methyl sites for hydroxylation is 1. The molecule has 0 amide bonds. The second-order valence-electron chi connectivity index (χ2n) is 3.93. The zero-order chi connectivity index (χ0) is 13.0. The minimum absolute atomic E-state index is 0.386. The average Bonchev–Trinajstić information content (AvgIpc) is 2.82. The van der Waals surface area contributed by atoms with Gasteiger partial charge < -0.3 is 10.5 Å². The molecule has 96 valence electrons. The molecule has 0 aliphatic heterocycles. The summed E-state index contributed by atoms with van der Waals surface area (Å²) in [6.07, 6.45) is 7.57. The summed E-state index contributed by atoms with van der Waals surface area (Å²) < 4.78 is 7.16. The molecular formula is C12H17N5O. The lowest BCUT2D eigenvalue weighted by molar-refractivity contribution is 0.403. The van der Waals surface area contributed by atoms with Crippen LogP contribution in [0.2, 0.25) is 0 Å². The smallest absolute Gasteiger partial charge is 0.161 e. The normalized spacial score (nSPS) is 12.4. The van der Waals surface area contributed by atoms with Crippen molar-refractivity contribution in [2.75, 3.05) is 7.11 Å². The van der Waals surface area contributed by atoms with Gasteiger partial charge in [0, 0.05) is 18.9 Å². The summed E-state index contributed by atoms with van der Waals surface area (Å²) in [4.78, 5) is 8.26. The van der Waals surface area contributed by atoms with Crippen LogP contribution >= 0.6 is 0 Å². The SMILES string of the molecule is CCCn1ncc(OC)c1C(N)c1cnccn1. The van der Waals surface area contributed by atoms with Crippen LogP contribution in [-0.4, -0.2) is 26.9 Å². The maximum absolute atomic E-state index is 6.22. The van der Waals surface area contributed by atoms with Crippen molar-refractivity contribution in [3.05, 3.63) is 36.2 Å². The summed E-state index contributed by atoms with van der Waals surface area (Å²) in [7, 11) is 1.61. The van der Waals surface area contributed by atoms with Gasteiger partial charge in [-0.3, -0.25) is 14.6 Å². The highest BCUT2D eigenvalue weighted by Crippen LogP contribution is 2.26. The molecule has 2 heterocycles. The van der Waals surface area contributed by atoms with Crippen LogP contribution in [0.5, 0.6) is 5.75 Å². The van der Waals surface area contributed by atoms with Gasteiger partial charge in [0.1, 0.15) is 5.69 Å². The van der Waals surface area contributed by atoms with Crippen LogP contribution in [0.15, 0.2) is 24.8 Å². The minimum atomic E-state index is -0.386. The Morgan fingerprint density at radius 1 is 1.39 bits per heavy atom. The van der Waals surface area contributed by atoms with E-state index in [9.17, 15) is 0 Å². The van der Waals surface area contributed by atoms with E-state index in [0.29, 0.717) is 11.4 Å². The molecule has 18 heavy (non-hydrogen) atoms. The number of aromatic nitrogens is 4. The number of ether oxygens (including phenoxy) is 1. The Bertz CT molecular complexity index is 496. The van der Waals surface area contributed by atoms with Gasteiger partial charge >= 0.3 is 0 Å². The average molecular weight is 247 g/mol. The van der Waals surface area contributed by atoms with Crippen LogP contribution in [0.3, 0.4) is 0 Å². The lowest BCUT2D eigenvalue weighted by atomic mass is 10.1. The summed E-state index contributed by atoms with van der Waals surface area (Å²) in [6.45, 7) is 2.89. The van der Waals surface area contributed by atoms with Crippen LogP contribution in [-0.2, 0) is 6.54 Å². The van der Waals surface area contributed by atoms with Crippen molar-refractivity contribution in [3.8, 4) is 5.75 Å². The van der Waals surface area contributed by atoms with Gasteiger partial charge in [0.25, 0.3) is 0 Å². The summed E-state index contributed by atoms with van der Waals surface area (Å²) in [5.74, 6) is 0.682. The number of methoxy groups -OCH3 is 1. The number of hydrogen-bond acceptors (Lipinski definition) is 5. The quantitative estimate of drug-likeness (QED) is 0.857. The second-order valence-corrected chi connectivity index (χ2v) is 3.93. The van der Waals surface area contributed by atoms with Crippen molar-refractivity contribution in [2.45, 2.75) is 25.9 Å². The lowest BCUT2D eigenvalue weighted by Gasteiger charge is -2.14. The Morgan fingerprint density at radius 3 is 2.83 bits per heavy atom. The molecule has 0 aliphatic carbocycles. The van der Waals surface area contributed by atoms with Crippen molar-refractivity contribution in [2.24, 2.45) is 5.73 Å². The molecule has 2 rings (SSSR count). The zero-order valence-corrected chi connectivity index (χ0v) is 10.6. The highest BCUT2D eigenvalue weighted by molar-refractivity contribution is 5.32. The first-order valence-corrected chi connectivity index (χ1v) is 5.89. The fraction of sp³-hybridized carbons (Fsp3) is 0.417. The molecule has 6 heteroatoms. The Morgan fingerprint density at radius 2 is 2.22 bits per heavy atom. The Kier molecular flexibility index (Phi) is 3.88. The van der Waals surface area contributed by atoms with Gasteiger partial charge in [-0.25, -0.2) is 0 Å². The molecule has 0 aromatic carbocycles. The number of rotatable bonds is 5. The number of hydrogen-bond donors (Lipinski definition) is 1. The summed E-state index contributed by atoms with van der Waals surface area (Å²) in [5.41, 5.74) is 7.76. The molecule has 6 nitrogen and oxygen atoms in total. The second kappa shape index (κ2) is 5.59. The fourth-order valence-corrected chi connectivity index (χ4v) is 1.85. The number of nitrogens with zero attached hydrogens (tertiary/aromatic N) is 4. The van der Waals surface area contributed by atoms with Gasteiger partial charge in [-0.05, 0) is 6.42 Å². The van der Waals surface area contributed by atoms with E-state index in [0.717, 1.165) is 18.7 Å². The van der Waals surface area contributed by atoms with Crippen molar-refractivity contribution in [1.82, 2.24) is 19.7 Å². The van der Waals surface area contributed by atoms with Gasteiger partial charge in [0.05, 0.1) is 31.2 Å². The molecule has 0 fully saturated rings. The first-order valence-electron chi connectivity index (χ1n) is 5.89. The van der Waals surface area contributed by atoms with Gasteiger partial charge in [0.15, 0.2) is 5.75 Å². The lowest BCUT2D eigenvalue weighted by Crippen LogP contribution is -2.19. The number of nitrogens with two attached hydrogens (primary N) is 1. The molecule has 0 saturated carbocycles. The van der Waals surface area contributed by atoms with Crippen LogP contribution in [0.1, 0.15) is 30.8 Å². The highest BCUT2D eigenvalue weighted by atomic mass is 16.5. The first kappa shape index (κ1) is 12.5. The van der Waals surface area contributed by atoms with E-state index in [1.165, 1.54) is 0 Å². The van der Waals surface area contributed by atoms with Gasteiger partial charge in [0.2, 0.25) is 0 Å². The largest absolute Gasteiger partial charge is 0.493 e. The summed E-state index contributed by atoms with van der Waals surface area (Å²) >= 11 is 0. The fourth-order valence-electron chi connectivity index (χ4n) is 1.85. The van der Waals surface area contributed by atoms with Crippen molar-refractivity contribution >= 4 is 0 Å². The summed E-state index contributed by atoms with van der Waals surface area (Å²) in [5, 5.41) is 4.29. The molecule has 2 aromatic heterocycles. The standard InChI is InChI=1S/C12H17N5O/c1-3-6-17-12(10(18-2)8-16-17)11(13)9-7-14-4-5-15-9/h4-5,7-8,11H,3,6,13H2,1-2H3. The Labute approximate surface area is 106 Å². The third kappa shape index (κ3) is 2.33. The maximum atomic E-state index is 6.22. The molecule has 0 radical (unpaired) electrons. The third-order valence-corrected chi connectivity index (χ3v) is 2.70. The van der Waals surface area contributed by atoms with Crippen LogP contribution in [0.4, 0.5) is 0 Å². The topological polar surface area (TPSA) is 78.9 Å². The van der Waals surface area contributed by atoms with Crippen LogP contribution in [0.25, 0.3) is 0 Å². The van der Waals surface area contributed by atoms with E-state index < -0.39 is 0 Å². The molecule has 0 bridgehead atoms. The van der Waals surface area contributed by atoms with E-state index >= 15 is 0 Å². The van der Waals surface area contributed by atoms with E-state index in [4.69, 9.17) is 10.5 Å². The van der Waals surface area contributed by atoms with Crippen molar-refractivity contribution in [3.63, 3.8) is 0 Å². The molecule has 2 N–H and O–H groups in total. The minimum Gasteiger partial charge on any atom is -0.493 e. The van der Waals surface area contributed by atoms with Gasteiger partial charge in [-0.2, -0.15) is 5.10 Å². The molecular weight excluding hydrogens is 230 g/mol. The third-order valence-electron chi connectivity index (χ3n) is 2.70. The summed E-state index contributed by atoms with van der Waals surface area (Å²) in [6, 6.07) is -0.386. The van der Waals surface area contributed by atoms with Crippen LogP contribution < -0.4 is 10.5 Å².